The van der Waals surface area contributed by atoms with Crippen LogP contribution in [0.5, 0.6) is 0 Å². The van der Waals surface area contributed by atoms with Gasteiger partial charge >= 0.3 is 0 Å². The molecule has 1 aromatic rings. The molecule has 96 valence electrons. The summed E-state index contributed by atoms with van der Waals surface area (Å²) in [4.78, 5) is 5.92. The van der Waals surface area contributed by atoms with Crippen LogP contribution in [0.4, 0.5) is 0 Å². The van der Waals surface area contributed by atoms with Gasteiger partial charge in [0.2, 0.25) is 0 Å². The lowest BCUT2D eigenvalue weighted by Gasteiger charge is -2.42. The highest BCUT2D eigenvalue weighted by Gasteiger charge is 2.35. The van der Waals surface area contributed by atoms with Crippen LogP contribution in [0.2, 0.25) is 0 Å². The predicted molar refractivity (Wildman–Crippen MR) is 74.6 cm³/mol. The summed E-state index contributed by atoms with van der Waals surface area (Å²) in [5.74, 6) is 0. The van der Waals surface area contributed by atoms with Gasteiger partial charge in [0, 0.05) is 17.5 Å². The van der Waals surface area contributed by atoms with Gasteiger partial charge in [-0.3, -0.25) is 0 Å². The number of hydrogen-bond donors (Lipinski definition) is 1. The first-order valence-corrected chi connectivity index (χ1v) is 7.55. The maximum Gasteiger partial charge on any atom is 0.0900 e. The van der Waals surface area contributed by atoms with Crippen molar-refractivity contribution in [2.24, 2.45) is 5.41 Å². The molecule has 1 aliphatic rings. The summed E-state index contributed by atoms with van der Waals surface area (Å²) >= 11 is 1.83. The molecule has 1 unspecified atom stereocenters. The number of thiazole rings is 1. The molecular weight excluding hydrogens is 228 g/mol. The standard InChI is InChI=1S/C14H24N2S/c1-5-14(7-6-8-14)9-15-10(2)13-11(3)16-12(4)17-13/h10,15H,5-9H2,1-4H3. The number of nitrogens with zero attached hydrogens (tertiary/aromatic N) is 1. The molecule has 1 aliphatic carbocycles. The second kappa shape index (κ2) is 5.07. The lowest BCUT2D eigenvalue weighted by Crippen LogP contribution is -2.40. The third-order valence-electron chi connectivity index (χ3n) is 4.28. The molecule has 0 bridgehead atoms. The summed E-state index contributed by atoms with van der Waals surface area (Å²) in [5.41, 5.74) is 1.80. The number of aromatic nitrogens is 1. The van der Waals surface area contributed by atoms with E-state index in [0.29, 0.717) is 11.5 Å². The molecule has 0 radical (unpaired) electrons. The van der Waals surface area contributed by atoms with E-state index in [1.807, 2.05) is 11.3 Å². The summed E-state index contributed by atoms with van der Waals surface area (Å²) < 4.78 is 0. The molecule has 0 aromatic carbocycles. The fourth-order valence-corrected chi connectivity index (χ4v) is 3.70. The van der Waals surface area contributed by atoms with Crippen LogP contribution >= 0.6 is 11.3 Å². The van der Waals surface area contributed by atoms with Crippen LogP contribution in [0, 0.1) is 19.3 Å². The summed E-state index contributed by atoms with van der Waals surface area (Å²) in [6.45, 7) is 9.97. The van der Waals surface area contributed by atoms with Crippen molar-refractivity contribution in [2.45, 2.75) is 59.4 Å². The monoisotopic (exact) mass is 252 g/mol. The molecule has 0 saturated heterocycles. The molecule has 0 amide bonds. The molecule has 1 saturated carbocycles. The van der Waals surface area contributed by atoms with Crippen LogP contribution in [0.15, 0.2) is 0 Å². The SMILES string of the molecule is CCC1(CNC(C)c2sc(C)nc2C)CCC1. The molecule has 3 heteroatoms. The molecule has 1 aromatic heterocycles. The van der Waals surface area contributed by atoms with Gasteiger partial charge < -0.3 is 5.32 Å². The zero-order valence-electron chi connectivity index (χ0n) is 11.5. The van der Waals surface area contributed by atoms with Gasteiger partial charge in [-0.25, -0.2) is 4.98 Å². The third kappa shape index (κ3) is 2.71. The number of aryl methyl sites for hydroxylation is 2. The quantitative estimate of drug-likeness (QED) is 0.857. The second-order valence-corrected chi connectivity index (χ2v) is 6.73. The Balaban J connectivity index is 1.93. The fourth-order valence-electron chi connectivity index (χ4n) is 2.74. The zero-order valence-corrected chi connectivity index (χ0v) is 12.3. The Hall–Kier alpha value is -0.410. The highest BCUT2D eigenvalue weighted by molar-refractivity contribution is 7.11. The minimum Gasteiger partial charge on any atom is -0.309 e. The normalized spacial score (nSPS) is 20.0. The summed E-state index contributed by atoms with van der Waals surface area (Å²) in [6, 6.07) is 0.449. The van der Waals surface area contributed by atoms with Gasteiger partial charge in [-0.05, 0) is 45.4 Å². The van der Waals surface area contributed by atoms with Gasteiger partial charge in [0.05, 0.1) is 10.7 Å². The number of hydrogen-bond acceptors (Lipinski definition) is 3. The molecule has 1 fully saturated rings. The smallest absolute Gasteiger partial charge is 0.0900 e. The Morgan fingerprint density at radius 3 is 2.53 bits per heavy atom. The van der Waals surface area contributed by atoms with Crippen LogP contribution in [-0.4, -0.2) is 11.5 Å². The van der Waals surface area contributed by atoms with E-state index in [0.717, 1.165) is 0 Å². The van der Waals surface area contributed by atoms with Crippen molar-refractivity contribution in [1.29, 1.82) is 0 Å². The van der Waals surface area contributed by atoms with Crippen molar-refractivity contribution in [2.75, 3.05) is 6.54 Å². The van der Waals surface area contributed by atoms with E-state index in [1.165, 1.54) is 47.8 Å². The highest BCUT2D eigenvalue weighted by atomic mass is 32.1. The third-order valence-corrected chi connectivity index (χ3v) is 5.54. The van der Waals surface area contributed by atoms with E-state index in [2.05, 4.69) is 38.0 Å². The molecule has 0 spiro atoms. The fraction of sp³-hybridized carbons (Fsp3) is 0.786. The topological polar surface area (TPSA) is 24.9 Å². The predicted octanol–water partition coefficient (Wildman–Crippen LogP) is 3.99. The van der Waals surface area contributed by atoms with Crippen molar-refractivity contribution < 1.29 is 0 Å². The number of rotatable bonds is 5. The van der Waals surface area contributed by atoms with E-state index in [4.69, 9.17) is 0 Å². The molecule has 2 rings (SSSR count). The zero-order chi connectivity index (χ0) is 12.5. The first-order chi connectivity index (χ1) is 8.06. The maximum atomic E-state index is 4.51. The first-order valence-electron chi connectivity index (χ1n) is 6.74. The first kappa shape index (κ1) is 13.0. The van der Waals surface area contributed by atoms with E-state index < -0.39 is 0 Å². The summed E-state index contributed by atoms with van der Waals surface area (Å²) in [6.07, 6.45) is 5.55. The lowest BCUT2D eigenvalue weighted by molar-refractivity contribution is 0.120. The van der Waals surface area contributed by atoms with Crippen molar-refractivity contribution in [1.82, 2.24) is 10.3 Å². The molecule has 0 aliphatic heterocycles. The summed E-state index contributed by atoms with van der Waals surface area (Å²) in [5, 5.41) is 4.90. The summed E-state index contributed by atoms with van der Waals surface area (Å²) in [7, 11) is 0. The van der Waals surface area contributed by atoms with E-state index in [-0.39, 0.29) is 0 Å². The molecule has 1 N–H and O–H groups in total. The van der Waals surface area contributed by atoms with Crippen LogP contribution in [0.1, 0.15) is 61.2 Å². The van der Waals surface area contributed by atoms with Crippen LogP contribution in [0.3, 0.4) is 0 Å². The number of nitrogens with one attached hydrogen (secondary N) is 1. The van der Waals surface area contributed by atoms with Gasteiger partial charge in [0.1, 0.15) is 0 Å². The van der Waals surface area contributed by atoms with Crippen molar-refractivity contribution in [3.05, 3.63) is 15.6 Å². The maximum absolute atomic E-state index is 4.51. The van der Waals surface area contributed by atoms with E-state index >= 15 is 0 Å². The van der Waals surface area contributed by atoms with Gasteiger partial charge in [-0.1, -0.05) is 13.3 Å². The molecule has 1 atom stereocenters. The second-order valence-electron chi connectivity index (χ2n) is 5.49. The van der Waals surface area contributed by atoms with Crippen molar-refractivity contribution in [3.8, 4) is 0 Å². The Kier molecular flexibility index (Phi) is 3.88. The van der Waals surface area contributed by atoms with Gasteiger partial charge in [0.15, 0.2) is 0 Å². The van der Waals surface area contributed by atoms with E-state index in [9.17, 15) is 0 Å². The Morgan fingerprint density at radius 1 is 1.41 bits per heavy atom. The highest BCUT2D eigenvalue weighted by Crippen LogP contribution is 2.43. The average Bonchev–Trinajstić information content (AvgIpc) is 2.57. The Bertz CT molecular complexity index is 374. The molecule has 2 nitrogen and oxygen atoms in total. The van der Waals surface area contributed by atoms with Crippen LogP contribution in [-0.2, 0) is 0 Å². The molecular formula is C14H24N2S. The molecule has 1 heterocycles. The van der Waals surface area contributed by atoms with Crippen LogP contribution < -0.4 is 5.32 Å². The van der Waals surface area contributed by atoms with Crippen molar-refractivity contribution in [3.63, 3.8) is 0 Å². The molecule has 17 heavy (non-hydrogen) atoms. The van der Waals surface area contributed by atoms with Crippen LogP contribution in [0.25, 0.3) is 0 Å². The largest absolute Gasteiger partial charge is 0.309 e. The van der Waals surface area contributed by atoms with Gasteiger partial charge in [-0.15, -0.1) is 11.3 Å². The van der Waals surface area contributed by atoms with E-state index in [1.54, 1.807) is 0 Å². The average molecular weight is 252 g/mol. The Morgan fingerprint density at radius 2 is 2.12 bits per heavy atom. The van der Waals surface area contributed by atoms with Gasteiger partial charge in [0.25, 0.3) is 0 Å². The lowest BCUT2D eigenvalue weighted by atomic mass is 9.67. The minimum absolute atomic E-state index is 0.449. The van der Waals surface area contributed by atoms with Gasteiger partial charge in [-0.2, -0.15) is 0 Å². The minimum atomic E-state index is 0.449. The Labute approximate surface area is 109 Å². The van der Waals surface area contributed by atoms with Crippen molar-refractivity contribution >= 4 is 11.3 Å².